The molecular formula is C21H19F7N2OS. The minimum absolute atomic E-state index is 0.0778. The SMILES string of the molecule is Cc1nc([C@H]2CC[C@H](C(F)(F)F)CC2)sc1C(OCc1ccc(C#N)c(F)c1)C(F)(F)F. The molecule has 1 saturated carbocycles. The lowest BCUT2D eigenvalue weighted by molar-refractivity contribution is -0.226. The van der Waals surface area contributed by atoms with E-state index in [1.807, 2.05) is 0 Å². The zero-order valence-corrected chi connectivity index (χ0v) is 17.7. The van der Waals surface area contributed by atoms with Crippen LogP contribution < -0.4 is 0 Å². The van der Waals surface area contributed by atoms with Gasteiger partial charge < -0.3 is 4.74 Å². The highest BCUT2D eigenvalue weighted by molar-refractivity contribution is 7.11. The second kappa shape index (κ2) is 9.35. The fourth-order valence-corrected chi connectivity index (χ4v) is 5.07. The molecule has 0 bridgehead atoms. The monoisotopic (exact) mass is 480 g/mol. The van der Waals surface area contributed by atoms with Crippen molar-refractivity contribution in [3.63, 3.8) is 0 Å². The molecule has 11 heteroatoms. The number of aryl methyl sites for hydroxylation is 1. The smallest absolute Gasteiger partial charge is 0.358 e. The zero-order valence-electron chi connectivity index (χ0n) is 16.9. The molecular weight excluding hydrogens is 461 g/mol. The highest BCUT2D eigenvalue weighted by atomic mass is 32.1. The lowest BCUT2D eigenvalue weighted by Gasteiger charge is -2.28. The van der Waals surface area contributed by atoms with Gasteiger partial charge in [0, 0.05) is 5.92 Å². The van der Waals surface area contributed by atoms with E-state index in [1.165, 1.54) is 13.0 Å². The molecule has 1 fully saturated rings. The van der Waals surface area contributed by atoms with Crippen LogP contribution in [0.15, 0.2) is 18.2 Å². The predicted molar refractivity (Wildman–Crippen MR) is 102 cm³/mol. The first kappa shape index (κ1) is 24.5. The van der Waals surface area contributed by atoms with Gasteiger partial charge in [0.25, 0.3) is 0 Å². The van der Waals surface area contributed by atoms with Crippen molar-refractivity contribution >= 4 is 11.3 Å². The van der Waals surface area contributed by atoms with E-state index in [0.29, 0.717) is 5.01 Å². The van der Waals surface area contributed by atoms with Gasteiger partial charge in [-0.2, -0.15) is 31.6 Å². The molecule has 1 aliphatic carbocycles. The number of hydrogen-bond acceptors (Lipinski definition) is 4. The number of alkyl halides is 6. The molecule has 1 aliphatic rings. The Labute approximate surface area is 183 Å². The number of halogens is 7. The van der Waals surface area contributed by atoms with Gasteiger partial charge in [-0.3, -0.25) is 0 Å². The standard InChI is InChI=1S/C21H19F7N2OS/c1-11-17(32-19(30-11)13-4-6-15(7-5-13)20(23,24)25)18(21(26,27)28)31-10-12-2-3-14(9-29)16(22)8-12/h2-3,8,13,15,18H,4-7,10H2,1H3/t13-,15-,18?. The number of rotatable bonds is 5. The summed E-state index contributed by atoms with van der Waals surface area (Å²) in [6.45, 7) is 0.857. The third-order valence-corrected chi connectivity index (χ3v) is 6.86. The third-order valence-electron chi connectivity index (χ3n) is 5.49. The second-order valence-electron chi connectivity index (χ2n) is 7.75. The topological polar surface area (TPSA) is 45.9 Å². The van der Waals surface area contributed by atoms with Crippen LogP contribution in [0, 0.1) is 30.0 Å². The van der Waals surface area contributed by atoms with Crippen LogP contribution in [0.1, 0.15) is 64.4 Å². The van der Waals surface area contributed by atoms with Gasteiger partial charge in [-0.05, 0) is 50.3 Å². The molecule has 0 saturated heterocycles. The molecule has 174 valence electrons. The average molecular weight is 480 g/mol. The number of hydrogen-bond donors (Lipinski definition) is 0. The molecule has 1 atom stereocenters. The van der Waals surface area contributed by atoms with Gasteiger partial charge in [0.2, 0.25) is 0 Å². The minimum Gasteiger partial charge on any atom is -0.358 e. The van der Waals surface area contributed by atoms with Crippen molar-refractivity contribution in [2.75, 3.05) is 0 Å². The second-order valence-corrected chi connectivity index (χ2v) is 8.81. The Kier molecular flexibility index (Phi) is 7.15. The molecule has 1 unspecified atom stereocenters. The molecule has 1 aromatic heterocycles. The largest absolute Gasteiger partial charge is 0.419 e. The first-order valence-electron chi connectivity index (χ1n) is 9.81. The summed E-state index contributed by atoms with van der Waals surface area (Å²) in [5, 5.41) is 9.12. The Morgan fingerprint density at radius 2 is 1.81 bits per heavy atom. The maximum atomic E-state index is 13.7. The van der Waals surface area contributed by atoms with E-state index in [1.54, 1.807) is 6.07 Å². The van der Waals surface area contributed by atoms with Crippen LogP contribution in [0.2, 0.25) is 0 Å². The maximum Gasteiger partial charge on any atom is 0.419 e. The Morgan fingerprint density at radius 3 is 2.34 bits per heavy atom. The molecule has 0 N–H and O–H groups in total. The Balaban J connectivity index is 1.75. The summed E-state index contributed by atoms with van der Waals surface area (Å²) in [5.41, 5.74) is 0.00389. The van der Waals surface area contributed by atoms with E-state index in [9.17, 15) is 30.7 Å². The number of nitrogens with zero attached hydrogens (tertiary/aromatic N) is 2. The molecule has 0 radical (unpaired) electrons. The lowest BCUT2D eigenvalue weighted by Crippen LogP contribution is -2.27. The Hall–Kier alpha value is -2.19. The first-order chi connectivity index (χ1) is 14.9. The van der Waals surface area contributed by atoms with Gasteiger partial charge in [0.15, 0.2) is 6.10 Å². The van der Waals surface area contributed by atoms with Gasteiger partial charge in [0.05, 0.1) is 33.7 Å². The fraction of sp³-hybridized carbons (Fsp3) is 0.524. The number of nitriles is 1. The Bertz CT molecular complexity index is 986. The van der Waals surface area contributed by atoms with Crippen LogP contribution in [0.5, 0.6) is 0 Å². The van der Waals surface area contributed by atoms with E-state index in [4.69, 9.17) is 10.00 Å². The summed E-state index contributed by atoms with van der Waals surface area (Å²) < 4.78 is 98.6. The molecule has 1 heterocycles. The van der Waals surface area contributed by atoms with Crippen molar-refractivity contribution in [2.24, 2.45) is 5.92 Å². The maximum absolute atomic E-state index is 13.7. The van der Waals surface area contributed by atoms with Crippen molar-refractivity contribution in [2.45, 2.75) is 63.6 Å². The fourth-order valence-electron chi connectivity index (χ4n) is 3.75. The minimum atomic E-state index is -4.77. The summed E-state index contributed by atoms with van der Waals surface area (Å²) in [7, 11) is 0. The van der Waals surface area contributed by atoms with Crippen LogP contribution in [-0.2, 0) is 11.3 Å². The highest BCUT2D eigenvalue weighted by Crippen LogP contribution is 2.46. The number of benzene rings is 1. The van der Waals surface area contributed by atoms with Crippen LogP contribution >= 0.6 is 11.3 Å². The van der Waals surface area contributed by atoms with Crippen molar-refractivity contribution in [3.8, 4) is 6.07 Å². The third kappa shape index (κ3) is 5.59. The highest BCUT2D eigenvalue weighted by Gasteiger charge is 2.45. The predicted octanol–water partition coefficient (Wildman–Crippen LogP) is 7.12. The molecule has 3 nitrogen and oxygen atoms in total. The van der Waals surface area contributed by atoms with Crippen LogP contribution in [0.25, 0.3) is 0 Å². The quantitative estimate of drug-likeness (QED) is 0.428. The van der Waals surface area contributed by atoms with Crippen LogP contribution in [-0.4, -0.2) is 17.3 Å². The molecule has 0 spiro atoms. The number of aromatic nitrogens is 1. The lowest BCUT2D eigenvalue weighted by atomic mass is 9.82. The summed E-state index contributed by atoms with van der Waals surface area (Å²) >= 11 is 0.800. The van der Waals surface area contributed by atoms with Crippen LogP contribution in [0.3, 0.4) is 0 Å². The van der Waals surface area contributed by atoms with Crippen molar-refractivity contribution < 1.29 is 35.5 Å². The van der Waals surface area contributed by atoms with Gasteiger partial charge in [0.1, 0.15) is 11.9 Å². The molecule has 1 aromatic carbocycles. The van der Waals surface area contributed by atoms with Gasteiger partial charge in [-0.25, -0.2) is 9.37 Å². The molecule has 32 heavy (non-hydrogen) atoms. The average Bonchev–Trinajstić information content (AvgIpc) is 3.08. The number of ether oxygens (including phenoxy) is 1. The Morgan fingerprint density at radius 1 is 1.16 bits per heavy atom. The van der Waals surface area contributed by atoms with E-state index in [-0.39, 0.29) is 53.3 Å². The first-order valence-corrected chi connectivity index (χ1v) is 10.6. The summed E-state index contributed by atoms with van der Waals surface area (Å²) in [4.78, 5) is 4.04. The van der Waals surface area contributed by atoms with Crippen molar-refractivity contribution in [1.82, 2.24) is 4.98 Å². The van der Waals surface area contributed by atoms with Crippen molar-refractivity contribution in [1.29, 1.82) is 5.26 Å². The molecule has 0 amide bonds. The van der Waals surface area contributed by atoms with Gasteiger partial charge in [-0.15, -0.1) is 11.3 Å². The number of thiazole rings is 1. The summed E-state index contributed by atoms with van der Waals surface area (Å²) in [5.74, 6) is -2.58. The molecule has 0 aliphatic heterocycles. The van der Waals surface area contributed by atoms with E-state index in [2.05, 4.69) is 4.98 Å². The van der Waals surface area contributed by atoms with E-state index < -0.39 is 36.8 Å². The van der Waals surface area contributed by atoms with E-state index >= 15 is 0 Å². The summed E-state index contributed by atoms with van der Waals surface area (Å²) in [6, 6.07) is 5.03. The zero-order chi connectivity index (χ0) is 23.7. The van der Waals surface area contributed by atoms with Gasteiger partial charge in [-0.1, -0.05) is 6.07 Å². The van der Waals surface area contributed by atoms with Gasteiger partial charge >= 0.3 is 12.4 Å². The van der Waals surface area contributed by atoms with Crippen LogP contribution in [0.4, 0.5) is 30.7 Å². The van der Waals surface area contributed by atoms with Crippen molar-refractivity contribution in [3.05, 3.63) is 50.7 Å². The molecule has 3 rings (SSSR count). The summed E-state index contributed by atoms with van der Waals surface area (Å²) in [6.07, 6.45) is -11.1. The van der Waals surface area contributed by atoms with E-state index in [0.717, 1.165) is 23.5 Å². The normalized spacial score (nSPS) is 20.7. The molecule has 2 aromatic rings.